The molecule has 0 bridgehead atoms. The Hall–Kier alpha value is -2.82. The molecule has 5 nitrogen and oxygen atoms in total. The Morgan fingerprint density at radius 3 is 2.35 bits per heavy atom. The molecule has 1 aliphatic heterocycles. The molecule has 3 rings (SSSR count). The number of piperidine rings is 1. The minimum atomic E-state index is -0.250. The van der Waals surface area contributed by atoms with Crippen LogP contribution in [0.15, 0.2) is 48.5 Å². The molecule has 0 spiro atoms. The van der Waals surface area contributed by atoms with Crippen LogP contribution in [-0.2, 0) is 0 Å². The number of nitrogens with one attached hydrogen (secondary N) is 1. The van der Waals surface area contributed by atoms with Gasteiger partial charge in [-0.05, 0) is 55.2 Å². The molecule has 5 heteroatoms. The lowest BCUT2D eigenvalue weighted by atomic mass is 9.98. The van der Waals surface area contributed by atoms with E-state index in [2.05, 4.69) is 12.2 Å². The number of anilines is 1. The highest BCUT2D eigenvalue weighted by Gasteiger charge is 2.23. The van der Waals surface area contributed by atoms with Gasteiger partial charge < -0.3 is 15.0 Å². The molecular formula is C21H24N2O3. The number of hydrogen-bond donors (Lipinski definition) is 1. The first-order valence-corrected chi connectivity index (χ1v) is 8.92. The van der Waals surface area contributed by atoms with Crippen molar-refractivity contribution in [3.8, 4) is 5.75 Å². The number of carbonyl (C=O) groups excluding carboxylic acids is 2. The highest BCUT2D eigenvalue weighted by Crippen LogP contribution is 2.23. The van der Waals surface area contributed by atoms with Gasteiger partial charge in [0, 0.05) is 18.7 Å². The van der Waals surface area contributed by atoms with Gasteiger partial charge in [-0.3, -0.25) is 9.59 Å². The molecule has 0 saturated carbocycles. The van der Waals surface area contributed by atoms with Gasteiger partial charge in [-0.15, -0.1) is 0 Å². The van der Waals surface area contributed by atoms with Crippen molar-refractivity contribution < 1.29 is 14.3 Å². The van der Waals surface area contributed by atoms with Crippen LogP contribution in [0, 0.1) is 5.92 Å². The Morgan fingerprint density at radius 1 is 1.04 bits per heavy atom. The van der Waals surface area contributed by atoms with Gasteiger partial charge >= 0.3 is 0 Å². The standard InChI is InChI=1S/C21H24N2O3/c1-15-11-13-23(14-12-15)21(25)18-5-3-4-6-19(18)22-20(24)16-7-9-17(26-2)10-8-16/h3-10,15H,11-14H2,1-2H3,(H,22,24). The van der Waals surface area contributed by atoms with E-state index in [0.717, 1.165) is 25.9 Å². The second kappa shape index (κ2) is 8.04. The minimum Gasteiger partial charge on any atom is -0.497 e. The summed E-state index contributed by atoms with van der Waals surface area (Å²) >= 11 is 0. The van der Waals surface area contributed by atoms with E-state index in [-0.39, 0.29) is 11.8 Å². The van der Waals surface area contributed by atoms with Crippen LogP contribution in [0.3, 0.4) is 0 Å². The van der Waals surface area contributed by atoms with Crippen molar-refractivity contribution >= 4 is 17.5 Å². The predicted octanol–water partition coefficient (Wildman–Crippen LogP) is 3.82. The van der Waals surface area contributed by atoms with E-state index in [9.17, 15) is 9.59 Å². The van der Waals surface area contributed by atoms with E-state index >= 15 is 0 Å². The number of carbonyl (C=O) groups is 2. The summed E-state index contributed by atoms with van der Waals surface area (Å²) < 4.78 is 5.11. The summed E-state index contributed by atoms with van der Waals surface area (Å²) in [4.78, 5) is 27.3. The number of benzene rings is 2. The normalized spacial score (nSPS) is 14.8. The molecule has 0 radical (unpaired) electrons. The summed E-state index contributed by atoms with van der Waals surface area (Å²) in [6, 6.07) is 14.0. The zero-order chi connectivity index (χ0) is 18.5. The van der Waals surface area contributed by atoms with Gasteiger partial charge in [0.05, 0.1) is 18.4 Å². The first kappa shape index (κ1) is 18.0. The van der Waals surface area contributed by atoms with Crippen LogP contribution in [0.2, 0.25) is 0 Å². The summed E-state index contributed by atoms with van der Waals surface area (Å²) in [5.41, 5.74) is 1.58. The zero-order valence-corrected chi connectivity index (χ0v) is 15.2. The molecule has 26 heavy (non-hydrogen) atoms. The first-order valence-electron chi connectivity index (χ1n) is 8.92. The Labute approximate surface area is 154 Å². The number of amides is 2. The summed E-state index contributed by atoms with van der Waals surface area (Å²) in [5, 5.41) is 2.87. The molecule has 1 aliphatic rings. The molecule has 1 N–H and O–H groups in total. The van der Waals surface area contributed by atoms with E-state index in [1.165, 1.54) is 0 Å². The van der Waals surface area contributed by atoms with Crippen molar-refractivity contribution in [2.75, 3.05) is 25.5 Å². The van der Waals surface area contributed by atoms with Crippen LogP contribution in [0.4, 0.5) is 5.69 Å². The van der Waals surface area contributed by atoms with Crippen molar-refractivity contribution in [1.29, 1.82) is 0 Å². The number of likely N-dealkylation sites (tertiary alicyclic amines) is 1. The van der Waals surface area contributed by atoms with Gasteiger partial charge in [-0.1, -0.05) is 19.1 Å². The van der Waals surface area contributed by atoms with Gasteiger partial charge in [0.25, 0.3) is 11.8 Å². The average molecular weight is 352 g/mol. The molecule has 1 fully saturated rings. The van der Waals surface area contributed by atoms with E-state index in [1.54, 1.807) is 43.5 Å². The Bertz CT molecular complexity index is 778. The van der Waals surface area contributed by atoms with Crippen molar-refractivity contribution in [3.63, 3.8) is 0 Å². The molecule has 136 valence electrons. The zero-order valence-electron chi connectivity index (χ0n) is 15.2. The number of para-hydroxylation sites is 1. The van der Waals surface area contributed by atoms with Crippen LogP contribution in [-0.4, -0.2) is 36.9 Å². The topological polar surface area (TPSA) is 58.6 Å². The molecule has 2 aromatic rings. The van der Waals surface area contributed by atoms with Crippen molar-refractivity contribution in [2.24, 2.45) is 5.92 Å². The third kappa shape index (κ3) is 4.04. The smallest absolute Gasteiger partial charge is 0.255 e. The summed E-state index contributed by atoms with van der Waals surface area (Å²) in [6.45, 7) is 3.74. The number of rotatable bonds is 4. The number of hydrogen-bond acceptors (Lipinski definition) is 3. The van der Waals surface area contributed by atoms with Crippen LogP contribution in [0.5, 0.6) is 5.75 Å². The Balaban J connectivity index is 1.76. The van der Waals surface area contributed by atoms with E-state index in [0.29, 0.717) is 28.5 Å². The van der Waals surface area contributed by atoms with Crippen molar-refractivity contribution in [3.05, 3.63) is 59.7 Å². The monoisotopic (exact) mass is 352 g/mol. The van der Waals surface area contributed by atoms with Gasteiger partial charge in [0.15, 0.2) is 0 Å². The predicted molar refractivity (Wildman–Crippen MR) is 102 cm³/mol. The molecule has 2 amide bonds. The number of methoxy groups -OCH3 is 1. The molecule has 1 saturated heterocycles. The van der Waals surface area contributed by atoms with Crippen LogP contribution in [0.25, 0.3) is 0 Å². The van der Waals surface area contributed by atoms with Crippen LogP contribution >= 0.6 is 0 Å². The quantitative estimate of drug-likeness (QED) is 0.910. The minimum absolute atomic E-state index is 0.0254. The Morgan fingerprint density at radius 2 is 1.69 bits per heavy atom. The number of nitrogens with zero attached hydrogens (tertiary/aromatic N) is 1. The summed E-state index contributed by atoms with van der Waals surface area (Å²) in [6.07, 6.45) is 2.04. The molecule has 0 aliphatic carbocycles. The maximum absolute atomic E-state index is 12.9. The van der Waals surface area contributed by atoms with E-state index in [1.807, 2.05) is 17.0 Å². The molecule has 1 heterocycles. The number of ether oxygens (including phenoxy) is 1. The average Bonchev–Trinajstić information content (AvgIpc) is 2.68. The maximum Gasteiger partial charge on any atom is 0.255 e. The lowest BCUT2D eigenvalue weighted by Crippen LogP contribution is -2.38. The highest BCUT2D eigenvalue weighted by atomic mass is 16.5. The summed E-state index contributed by atoms with van der Waals surface area (Å²) in [5.74, 6) is 1.07. The second-order valence-electron chi connectivity index (χ2n) is 6.70. The summed E-state index contributed by atoms with van der Waals surface area (Å²) in [7, 11) is 1.58. The van der Waals surface area contributed by atoms with Crippen LogP contribution in [0.1, 0.15) is 40.5 Å². The molecule has 2 aromatic carbocycles. The third-order valence-corrected chi connectivity index (χ3v) is 4.83. The molecule has 0 aromatic heterocycles. The third-order valence-electron chi connectivity index (χ3n) is 4.83. The molecule has 0 atom stereocenters. The van der Waals surface area contributed by atoms with Gasteiger partial charge in [-0.2, -0.15) is 0 Å². The largest absolute Gasteiger partial charge is 0.497 e. The maximum atomic E-state index is 12.9. The Kier molecular flexibility index (Phi) is 5.56. The highest BCUT2D eigenvalue weighted by molar-refractivity contribution is 6.09. The van der Waals surface area contributed by atoms with Crippen LogP contribution < -0.4 is 10.1 Å². The SMILES string of the molecule is COc1ccc(C(=O)Nc2ccccc2C(=O)N2CCC(C)CC2)cc1. The van der Waals surface area contributed by atoms with Gasteiger partial charge in [0.1, 0.15) is 5.75 Å². The van der Waals surface area contributed by atoms with E-state index < -0.39 is 0 Å². The first-order chi connectivity index (χ1) is 12.6. The van der Waals surface area contributed by atoms with Crippen molar-refractivity contribution in [1.82, 2.24) is 4.90 Å². The fourth-order valence-corrected chi connectivity index (χ4v) is 3.10. The lowest BCUT2D eigenvalue weighted by Gasteiger charge is -2.30. The second-order valence-corrected chi connectivity index (χ2v) is 6.70. The van der Waals surface area contributed by atoms with Gasteiger partial charge in [-0.25, -0.2) is 0 Å². The molecular weight excluding hydrogens is 328 g/mol. The van der Waals surface area contributed by atoms with Gasteiger partial charge in [0.2, 0.25) is 0 Å². The molecule has 0 unspecified atom stereocenters. The van der Waals surface area contributed by atoms with Crippen molar-refractivity contribution in [2.45, 2.75) is 19.8 Å². The van der Waals surface area contributed by atoms with E-state index in [4.69, 9.17) is 4.74 Å². The fourth-order valence-electron chi connectivity index (χ4n) is 3.10. The lowest BCUT2D eigenvalue weighted by molar-refractivity contribution is 0.0698. The fraction of sp³-hybridized carbons (Fsp3) is 0.333.